The summed E-state index contributed by atoms with van der Waals surface area (Å²) in [5.41, 5.74) is 1.98. The van der Waals surface area contributed by atoms with Gasteiger partial charge in [0.15, 0.2) is 12.0 Å². The molecule has 0 aromatic carbocycles. The van der Waals surface area contributed by atoms with Crippen LogP contribution in [-0.4, -0.2) is 16.1 Å². The van der Waals surface area contributed by atoms with Gasteiger partial charge in [0.2, 0.25) is 0 Å². The van der Waals surface area contributed by atoms with Crippen LogP contribution in [0.15, 0.2) is 22.7 Å². The van der Waals surface area contributed by atoms with E-state index >= 15 is 0 Å². The van der Waals surface area contributed by atoms with Crippen LogP contribution in [0, 0.1) is 6.92 Å². The van der Waals surface area contributed by atoms with E-state index in [1.54, 1.807) is 18.3 Å². The van der Waals surface area contributed by atoms with Crippen molar-refractivity contribution in [2.45, 2.75) is 20.4 Å². The Morgan fingerprint density at radius 3 is 2.87 bits per heavy atom. The van der Waals surface area contributed by atoms with Crippen LogP contribution in [-0.2, 0) is 6.54 Å². The van der Waals surface area contributed by atoms with E-state index in [1.165, 1.54) is 0 Å². The molecule has 2 rings (SSSR count). The summed E-state index contributed by atoms with van der Waals surface area (Å²) in [5.74, 6) is 1.03. The minimum absolute atomic E-state index is 0.341. The van der Waals surface area contributed by atoms with Crippen molar-refractivity contribution in [1.82, 2.24) is 9.78 Å². The maximum absolute atomic E-state index is 10.5. The van der Waals surface area contributed by atoms with Crippen molar-refractivity contribution in [3.8, 4) is 11.3 Å². The Balaban J connectivity index is 2.44. The quantitative estimate of drug-likeness (QED) is 0.720. The molecule has 0 saturated heterocycles. The highest BCUT2D eigenvalue weighted by Gasteiger charge is 2.11. The fraction of sp³-hybridized carbons (Fsp3) is 0.273. The first kappa shape index (κ1) is 9.71. The first-order valence-corrected chi connectivity index (χ1v) is 4.84. The number of hydrogen-bond acceptors (Lipinski definition) is 3. The maximum Gasteiger partial charge on any atom is 0.185 e. The second-order valence-corrected chi connectivity index (χ2v) is 3.28. The van der Waals surface area contributed by atoms with Crippen LogP contribution in [0.5, 0.6) is 0 Å². The summed E-state index contributed by atoms with van der Waals surface area (Å²) in [6, 6.07) is 3.44. The van der Waals surface area contributed by atoms with Crippen molar-refractivity contribution in [3.05, 3.63) is 29.8 Å². The molecule has 4 heteroatoms. The van der Waals surface area contributed by atoms with Gasteiger partial charge in [-0.25, -0.2) is 0 Å². The molecule has 0 aliphatic carbocycles. The van der Waals surface area contributed by atoms with Gasteiger partial charge in [0.25, 0.3) is 0 Å². The van der Waals surface area contributed by atoms with Gasteiger partial charge in [-0.15, -0.1) is 0 Å². The number of carbonyl (C=O) groups is 1. The Bertz CT molecular complexity index is 482. The Kier molecular flexibility index (Phi) is 2.41. The molecule has 0 amide bonds. The van der Waals surface area contributed by atoms with Crippen molar-refractivity contribution in [3.63, 3.8) is 0 Å². The summed E-state index contributed by atoms with van der Waals surface area (Å²) in [6.45, 7) is 4.84. The topological polar surface area (TPSA) is 48.0 Å². The number of aldehydes is 1. The highest BCUT2D eigenvalue weighted by atomic mass is 16.3. The smallest absolute Gasteiger partial charge is 0.185 e. The second kappa shape index (κ2) is 3.73. The van der Waals surface area contributed by atoms with Crippen LogP contribution in [0.2, 0.25) is 0 Å². The van der Waals surface area contributed by atoms with E-state index in [1.807, 2.05) is 18.5 Å². The summed E-state index contributed by atoms with van der Waals surface area (Å²) >= 11 is 0. The zero-order chi connectivity index (χ0) is 10.8. The van der Waals surface area contributed by atoms with Crippen LogP contribution < -0.4 is 0 Å². The molecule has 0 spiro atoms. The average Bonchev–Trinajstić information content (AvgIpc) is 2.83. The van der Waals surface area contributed by atoms with Crippen LogP contribution in [0.1, 0.15) is 23.2 Å². The molecule has 2 aromatic heterocycles. The molecular formula is C11H12N2O2. The lowest BCUT2D eigenvalue weighted by atomic mass is 10.2. The van der Waals surface area contributed by atoms with Crippen molar-refractivity contribution in [2.75, 3.05) is 0 Å². The van der Waals surface area contributed by atoms with Crippen LogP contribution >= 0.6 is 0 Å². The highest BCUT2D eigenvalue weighted by Crippen LogP contribution is 2.24. The van der Waals surface area contributed by atoms with E-state index < -0.39 is 0 Å². The van der Waals surface area contributed by atoms with Gasteiger partial charge >= 0.3 is 0 Å². The second-order valence-electron chi connectivity index (χ2n) is 3.28. The zero-order valence-electron chi connectivity index (χ0n) is 8.73. The molecule has 0 fully saturated rings. The molecular weight excluding hydrogens is 192 g/mol. The van der Waals surface area contributed by atoms with Gasteiger partial charge in [-0.3, -0.25) is 9.48 Å². The summed E-state index contributed by atoms with van der Waals surface area (Å²) in [7, 11) is 0. The van der Waals surface area contributed by atoms with Crippen LogP contribution in [0.25, 0.3) is 11.3 Å². The molecule has 0 radical (unpaired) electrons. The van der Waals surface area contributed by atoms with Gasteiger partial charge in [0.05, 0.1) is 11.8 Å². The minimum atomic E-state index is 0.341. The normalized spacial score (nSPS) is 10.5. The van der Waals surface area contributed by atoms with E-state index in [4.69, 9.17) is 4.42 Å². The lowest BCUT2D eigenvalue weighted by molar-refractivity contribution is 0.110. The van der Waals surface area contributed by atoms with Crippen molar-refractivity contribution < 1.29 is 9.21 Å². The zero-order valence-corrected chi connectivity index (χ0v) is 8.73. The van der Waals surface area contributed by atoms with Gasteiger partial charge in [-0.1, -0.05) is 0 Å². The SMILES string of the molecule is CCn1ncc(-c2ccc(C=O)o2)c1C. The summed E-state index contributed by atoms with van der Waals surface area (Å²) in [6.07, 6.45) is 2.45. The van der Waals surface area contributed by atoms with Crippen molar-refractivity contribution in [1.29, 1.82) is 0 Å². The predicted molar refractivity (Wildman–Crippen MR) is 55.7 cm³/mol. The molecule has 15 heavy (non-hydrogen) atoms. The largest absolute Gasteiger partial charge is 0.453 e. The summed E-state index contributed by atoms with van der Waals surface area (Å²) in [5, 5.41) is 4.21. The predicted octanol–water partition coefficient (Wildman–Crippen LogP) is 2.28. The fourth-order valence-corrected chi connectivity index (χ4v) is 1.57. The Morgan fingerprint density at radius 2 is 2.33 bits per heavy atom. The molecule has 2 aromatic rings. The van der Waals surface area contributed by atoms with E-state index in [9.17, 15) is 4.79 Å². The third-order valence-corrected chi connectivity index (χ3v) is 2.41. The van der Waals surface area contributed by atoms with E-state index in [-0.39, 0.29) is 0 Å². The first-order chi connectivity index (χ1) is 7.26. The summed E-state index contributed by atoms with van der Waals surface area (Å²) in [4.78, 5) is 10.5. The number of hydrogen-bond donors (Lipinski definition) is 0. The van der Waals surface area contributed by atoms with Crippen LogP contribution in [0.4, 0.5) is 0 Å². The van der Waals surface area contributed by atoms with E-state index in [0.29, 0.717) is 17.8 Å². The molecule has 0 N–H and O–H groups in total. The van der Waals surface area contributed by atoms with Gasteiger partial charge in [-0.05, 0) is 26.0 Å². The number of rotatable bonds is 3. The molecule has 0 atom stereocenters. The fourth-order valence-electron chi connectivity index (χ4n) is 1.57. The molecule has 2 heterocycles. The van der Waals surface area contributed by atoms with Crippen molar-refractivity contribution >= 4 is 6.29 Å². The molecule has 0 aliphatic rings. The molecule has 0 bridgehead atoms. The van der Waals surface area contributed by atoms with E-state index in [2.05, 4.69) is 5.10 Å². The third-order valence-electron chi connectivity index (χ3n) is 2.41. The van der Waals surface area contributed by atoms with Gasteiger partial charge in [0.1, 0.15) is 5.76 Å². The lowest BCUT2D eigenvalue weighted by Crippen LogP contribution is -1.98. The first-order valence-electron chi connectivity index (χ1n) is 4.84. The third kappa shape index (κ3) is 1.58. The highest BCUT2D eigenvalue weighted by molar-refractivity contribution is 5.73. The van der Waals surface area contributed by atoms with Gasteiger partial charge in [0, 0.05) is 12.2 Å². The monoisotopic (exact) mass is 204 g/mol. The van der Waals surface area contributed by atoms with Crippen LogP contribution in [0.3, 0.4) is 0 Å². The lowest BCUT2D eigenvalue weighted by Gasteiger charge is -1.99. The Labute approximate surface area is 87.5 Å². The Hall–Kier alpha value is -1.84. The van der Waals surface area contributed by atoms with Gasteiger partial charge in [-0.2, -0.15) is 5.10 Å². The molecule has 0 unspecified atom stereocenters. The molecule has 78 valence electrons. The van der Waals surface area contributed by atoms with E-state index in [0.717, 1.165) is 17.8 Å². The molecule has 4 nitrogen and oxygen atoms in total. The van der Waals surface area contributed by atoms with Gasteiger partial charge < -0.3 is 4.42 Å². The number of carbonyl (C=O) groups excluding carboxylic acids is 1. The molecule has 0 saturated carbocycles. The summed E-state index contributed by atoms with van der Waals surface area (Å²) < 4.78 is 7.22. The van der Waals surface area contributed by atoms with Crippen molar-refractivity contribution in [2.24, 2.45) is 0 Å². The maximum atomic E-state index is 10.5. The standard InChI is InChI=1S/C11H12N2O2/c1-3-13-8(2)10(6-12-13)11-5-4-9(7-14)15-11/h4-7H,3H2,1-2H3. The number of aromatic nitrogens is 2. The average molecular weight is 204 g/mol. The number of furan rings is 1. The molecule has 0 aliphatic heterocycles. The number of nitrogens with zero attached hydrogens (tertiary/aromatic N) is 2. The minimum Gasteiger partial charge on any atom is -0.453 e. The Morgan fingerprint density at radius 1 is 1.53 bits per heavy atom. The number of aryl methyl sites for hydroxylation is 1.